The second kappa shape index (κ2) is 6.43. The third-order valence-corrected chi connectivity index (χ3v) is 5.76. The summed E-state index contributed by atoms with van der Waals surface area (Å²) in [6, 6.07) is 6.49. The van der Waals surface area contributed by atoms with E-state index in [1.807, 2.05) is 0 Å². The minimum absolute atomic E-state index is 0.250. The second-order valence-electron chi connectivity index (χ2n) is 6.87. The van der Waals surface area contributed by atoms with E-state index in [4.69, 9.17) is 11.6 Å². The van der Waals surface area contributed by atoms with Crippen LogP contribution in [0.25, 0.3) is 0 Å². The molecule has 0 saturated heterocycles. The molecule has 130 valence electrons. The van der Waals surface area contributed by atoms with Gasteiger partial charge in [-0.1, -0.05) is 37.6 Å². The molecule has 0 aromatic heterocycles. The average Bonchev–Trinajstić information content (AvgIpc) is 2.76. The van der Waals surface area contributed by atoms with Gasteiger partial charge in [-0.05, 0) is 37.3 Å². The smallest absolute Gasteiger partial charge is 0.309 e. The summed E-state index contributed by atoms with van der Waals surface area (Å²) in [6.07, 6.45) is 0.857. The van der Waals surface area contributed by atoms with Crippen molar-refractivity contribution in [3.05, 3.63) is 34.9 Å². The summed E-state index contributed by atoms with van der Waals surface area (Å²) >= 11 is 5.94. The summed E-state index contributed by atoms with van der Waals surface area (Å²) in [7, 11) is 0. The molecule has 2 atom stereocenters. The van der Waals surface area contributed by atoms with Gasteiger partial charge >= 0.3 is 5.97 Å². The van der Waals surface area contributed by atoms with Crippen molar-refractivity contribution in [2.24, 2.45) is 16.7 Å². The molecular weight excluding hydrogens is 332 g/mol. The van der Waals surface area contributed by atoms with Crippen molar-refractivity contribution in [1.29, 1.82) is 0 Å². The Hall–Kier alpha value is -2.08. The molecular formula is C17H21ClN2O4. The number of halogens is 1. The number of hydrogen-bond donors (Lipinski definition) is 3. The number of carboxylic acids is 1. The molecule has 7 heteroatoms. The summed E-state index contributed by atoms with van der Waals surface area (Å²) in [6.45, 7) is 5.20. The Kier molecular flexibility index (Phi) is 4.90. The zero-order valence-electron chi connectivity index (χ0n) is 13.9. The van der Waals surface area contributed by atoms with Crippen LogP contribution in [0.2, 0.25) is 5.02 Å². The predicted molar refractivity (Wildman–Crippen MR) is 89.3 cm³/mol. The summed E-state index contributed by atoms with van der Waals surface area (Å²) in [5.41, 5.74) is 3.26. The van der Waals surface area contributed by atoms with E-state index in [2.05, 4.69) is 10.9 Å². The number of nitrogens with one attached hydrogen (secondary N) is 2. The van der Waals surface area contributed by atoms with Gasteiger partial charge in [-0.25, -0.2) is 0 Å². The second-order valence-corrected chi connectivity index (χ2v) is 7.28. The SMILES string of the molecule is CC1(C)[C@H](C(=O)NNC(=O)c2ccccc2Cl)CC[C@@]1(C)C(=O)O. The molecule has 1 aromatic carbocycles. The number of hydrogen-bond acceptors (Lipinski definition) is 3. The zero-order chi connectivity index (χ0) is 18.1. The first-order valence-corrected chi connectivity index (χ1v) is 8.07. The van der Waals surface area contributed by atoms with Crippen LogP contribution >= 0.6 is 11.6 Å². The van der Waals surface area contributed by atoms with Crippen LogP contribution in [0.15, 0.2) is 24.3 Å². The van der Waals surface area contributed by atoms with Crippen LogP contribution in [-0.2, 0) is 9.59 Å². The number of aliphatic carboxylic acids is 1. The summed E-state index contributed by atoms with van der Waals surface area (Å²) in [4.78, 5) is 36.1. The number of rotatable bonds is 3. The summed E-state index contributed by atoms with van der Waals surface area (Å²) < 4.78 is 0. The Morgan fingerprint density at radius 2 is 1.79 bits per heavy atom. The molecule has 6 nitrogen and oxygen atoms in total. The molecule has 0 bridgehead atoms. The van der Waals surface area contributed by atoms with E-state index in [0.717, 1.165) is 0 Å². The van der Waals surface area contributed by atoms with Crippen LogP contribution in [0.3, 0.4) is 0 Å². The fourth-order valence-electron chi connectivity index (χ4n) is 3.26. The minimum atomic E-state index is -0.984. The van der Waals surface area contributed by atoms with Gasteiger partial charge in [-0.2, -0.15) is 0 Å². The van der Waals surface area contributed by atoms with E-state index < -0.39 is 34.5 Å². The molecule has 1 fully saturated rings. The Balaban J connectivity index is 2.05. The fraction of sp³-hybridized carbons (Fsp3) is 0.471. The number of carbonyl (C=O) groups is 3. The predicted octanol–water partition coefficient (Wildman–Crippen LogP) is 2.63. The molecule has 24 heavy (non-hydrogen) atoms. The topological polar surface area (TPSA) is 95.5 Å². The lowest BCUT2D eigenvalue weighted by atomic mass is 9.65. The molecule has 2 rings (SSSR count). The summed E-state index contributed by atoms with van der Waals surface area (Å²) in [5.74, 6) is -2.34. The molecule has 0 radical (unpaired) electrons. The average molecular weight is 353 g/mol. The molecule has 1 saturated carbocycles. The number of benzene rings is 1. The molecule has 1 aliphatic rings. The lowest BCUT2D eigenvalue weighted by Crippen LogP contribution is -2.49. The molecule has 3 N–H and O–H groups in total. The monoisotopic (exact) mass is 352 g/mol. The van der Waals surface area contributed by atoms with E-state index in [1.165, 1.54) is 0 Å². The Bertz CT molecular complexity index is 689. The number of carboxylic acid groups (broad SMARTS) is 1. The highest BCUT2D eigenvalue weighted by Crippen LogP contribution is 2.56. The first-order chi connectivity index (χ1) is 11.1. The van der Waals surface area contributed by atoms with Gasteiger partial charge in [-0.3, -0.25) is 25.2 Å². The lowest BCUT2D eigenvalue weighted by Gasteiger charge is -2.37. The quantitative estimate of drug-likeness (QED) is 0.729. The minimum Gasteiger partial charge on any atom is -0.481 e. The standard InChI is InChI=1S/C17H21ClN2O4/c1-16(2)11(8-9-17(16,3)15(23)24)14(22)20-19-13(21)10-6-4-5-7-12(10)18/h4-7,11H,8-9H2,1-3H3,(H,19,21)(H,20,22)(H,23,24)/t11-,17-/m0/s1. The van der Waals surface area contributed by atoms with Gasteiger partial charge in [0.2, 0.25) is 5.91 Å². The van der Waals surface area contributed by atoms with Gasteiger partial charge < -0.3 is 5.11 Å². The number of carbonyl (C=O) groups excluding carboxylic acids is 2. The highest BCUT2D eigenvalue weighted by Gasteiger charge is 2.58. The Morgan fingerprint density at radius 1 is 1.17 bits per heavy atom. The third-order valence-electron chi connectivity index (χ3n) is 5.43. The highest BCUT2D eigenvalue weighted by atomic mass is 35.5. The van der Waals surface area contributed by atoms with Crippen molar-refractivity contribution < 1.29 is 19.5 Å². The van der Waals surface area contributed by atoms with Gasteiger partial charge in [-0.15, -0.1) is 0 Å². The van der Waals surface area contributed by atoms with Gasteiger partial charge in [0, 0.05) is 5.92 Å². The van der Waals surface area contributed by atoms with E-state index in [-0.39, 0.29) is 10.6 Å². The molecule has 0 spiro atoms. The van der Waals surface area contributed by atoms with Gasteiger partial charge in [0.1, 0.15) is 0 Å². The normalized spacial score (nSPS) is 25.1. The molecule has 1 aliphatic carbocycles. The van der Waals surface area contributed by atoms with E-state index in [9.17, 15) is 19.5 Å². The van der Waals surface area contributed by atoms with Crippen LogP contribution in [0, 0.1) is 16.7 Å². The maximum absolute atomic E-state index is 12.4. The van der Waals surface area contributed by atoms with Gasteiger partial charge in [0.05, 0.1) is 16.0 Å². The van der Waals surface area contributed by atoms with Crippen LogP contribution in [-0.4, -0.2) is 22.9 Å². The Labute approximate surface area is 145 Å². The first kappa shape index (κ1) is 18.3. The van der Waals surface area contributed by atoms with Crippen molar-refractivity contribution in [3.8, 4) is 0 Å². The highest BCUT2D eigenvalue weighted by molar-refractivity contribution is 6.33. The van der Waals surface area contributed by atoms with Crippen LogP contribution < -0.4 is 10.9 Å². The maximum Gasteiger partial charge on any atom is 0.309 e. The van der Waals surface area contributed by atoms with Crippen molar-refractivity contribution in [2.75, 3.05) is 0 Å². The van der Waals surface area contributed by atoms with Gasteiger partial charge in [0.15, 0.2) is 0 Å². The number of hydrazine groups is 1. The van der Waals surface area contributed by atoms with Crippen molar-refractivity contribution >= 4 is 29.4 Å². The lowest BCUT2D eigenvalue weighted by molar-refractivity contribution is -0.155. The fourth-order valence-corrected chi connectivity index (χ4v) is 3.48. The van der Waals surface area contributed by atoms with E-state index in [1.54, 1.807) is 45.0 Å². The van der Waals surface area contributed by atoms with Crippen molar-refractivity contribution in [3.63, 3.8) is 0 Å². The molecule has 0 heterocycles. The largest absolute Gasteiger partial charge is 0.481 e. The number of amides is 2. The molecule has 0 unspecified atom stereocenters. The van der Waals surface area contributed by atoms with Crippen LogP contribution in [0.4, 0.5) is 0 Å². The summed E-state index contributed by atoms with van der Waals surface area (Å²) in [5, 5.41) is 9.77. The third kappa shape index (κ3) is 2.98. The molecule has 0 aliphatic heterocycles. The van der Waals surface area contributed by atoms with Crippen LogP contribution in [0.5, 0.6) is 0 Å². The molecule has 2 amide bonds. The van der Waals surface area contributed by atoms with E-state index in [0.29, 0.717) is 12.8 Å². The van der Waals surface area contributed by atoms with Gasteiger partial charge in [0.25, 0.3) is 5.91 Å². The van der Waals surface area contributed by atoms with Crippen molar-refractivity contribution in [1.82, 2.24) is 10.9 Å². The molecule has 1 aromatic rings. The maximum atomic E-state index is 12.4. The first-order valence-electron chi connectivity index (χ1n) is 7.69. The van der Waals surface area contributed by atoms with E-state index >= 15 is 0 Å². The van der Waals surface area contributed by atoms with Crippen LogP contribution in [0.1, 0.15) is 44.0 Å². The zero-order valence-corrected chi connectivity index (χ0v) is 14.6. The Morgan fingerprint density at radius 3 is 2.33 bits per heavy atom. The van der Waals surface area contributed by atoms with Crippen molar-refractivity contribution in [2.45, 2.75) is 33.6 Å².